The van der Waals surface area contributed by atoms with Crippen LogP contribution >= 0.6 is 11.8 Å². The molecule has 1 spiro atoms. The van der Waals surface area contributed by atoms with Crippen molar-refractivity contribution in [3.05, 3.63) is 30.1 Å². The van der Waals surface area contributed by atoms with Crippen molar-refractivity contribution in [3.63, 3.8) is 0 Å². The third kappa shape index (κ3) is 2.87. The summed E-state index contributed by atoms with van der Waals surface area (Å²) < 4.78 is 6.61. The maximum absolute atomic E-state index is 6.08. The molecule has 1 aliphatic carbocycles. The highest BCUT2D eigenvalue weighted by atomic mass is 32.2. The van der Waals surface area contributed by atoms with E-state index in [1.807, 2.05) is 24.5 Å². The van der Waals surface area contributed by atoms with Gasteiger partial charge in [-0.1, -0.05) is 0 Å². The molecule has 0 radical (unpaired) electrons. The summed E-state index contributed by atoms with van der Waals surface area (Å²) in [5.74, 6) is 2.19. The van der Waals surface area contributed by atoms with Crippen molar-refractivity contribution in [1.82, 2.24) is 9.88 Å². The molecule has 3 aliphatic rings. The SMILES string of the molecule is c1cc(CO[C@@H]2CSC3(C2)CN(CC2CC2)C3)ccn1. The van der Waals surface area contributed by atoms with Gasteiger partial charge in [-0.3, -0.25) is 4.98 Å². The normalized spacial score (nSPS) is 28.7. The molecule has 4 heteroatoms. The number of hydrogen-bond donors (Lipinski definition) is 0. The van der Waals surface area contributed by atoms with Crippen LogP contribution in [-0.4, -0.2) is 46.1 Å². The van der Waals surface area contributed by atoms with Gasteiger partial charge < -0.3 is 9.64 Å². The zero-order valence-corrected chi connectivity index (χ0v) is 12.6. The van der Waals surface area contributed by atoms with E-state index in [9.17, 15) is 0 Å². The Bertz CT molecular complexity index is 457. The first-order valence-corrected chi connectivity index (χ1v) is 8.67. The Kier molecular flexibility index (Phi) is 3.49. The molecule has 1 aromatic rings. The Morgan fingerprint density at radius 3 is 2.85 bits per heavy atom. The lowest BCUT2D eigenvalue weighted by Gasteiger charge is -2.47. The largest absolute Gasteiger partial charge is 0.373 e. The highest BCUT2D eigenvalue weighted by Gasteiger charge is 2.49. The van der Waals surface area contributed by atoms with Crippen molar-refractivity contribution >= 4 is 11.8 Å². The highest BCUT2D eigenvalue weighted by Crippen LogP contribution is 2.47. The topological polar surface area (TPSA) is 25.4 Å². The highest BCUT2D eigenvalue weighted by molar-refractivity contribution is 8.01. The first-order valence-electron chi connectivity index (χ1n) is 7.68. The molecule has 1 aromatic heterocycles. The molecule has 0 N–H and O–H groups in total. The Morgan fingerprint density at radius 1 is 1.30 bits per heavy atom. The lowest BCUT2D eigenvalue weighted by Crippen LogP contribution is -2.59. The van der Waals surface area contributed by atoms with Gasteiger partial charge in [0.25, 0.3) is 0 Å². The second kappa shape index (κ2) is 5.32. The van der Waals surface area contributed by atoms with E-state index in [2.05, 4.69) is 21.6 Å². The number of rotatable bonds is 5. The fourth-order valence-electron chi connectivity index (χ4n) is 3.39. The molecule has 1 atom stereocenters. The number of thioether (sulfide) groups is 1. The summed E-state index contributed by atoms with van der Waals surface area (Å²) in [6.07, 6.45) is 8.29. The van der Waals surface area contributed by atoms with E-state index in [0.29, 0.717) is 10.9 Å². The van der Waals surface area contributed by atoms with Crippen LogP contribution in [0.15, 0.2) is 24.5 Å². The number of ether oxygens (including phenoxy) is 1. The summed E-state index contributed by atoms with van der Waals surface area (Å²) in [4.78, 5) is 6.69. The Labute approximate surface area is 125 Å². The second-order valence-electron chi connectivity index (χ2n) is 6.60. The summed E-state index contributed by atoms with van der Waals surface area (Å²) in [6.45, 7) is 4.67. The fraction of sp³-hybridized carbons (Fsp3) is 0.688. The van der Waals surface area contributed by atoms with Gasteiger partial charge in [-0.15, -0.1) is 11.8 Å². The summed E-state index contributed by atoms with van der Waals surface area (Å²) in [5, 5.41) is 0. The van der Waals surface area contributed by atoms with E-state index in [0.717, 1.165) is 12.5 Å². The van der Waals surface area contributed by atoms with Crippen molar-refractivity contribution in [3.8, 4) is 0 Å². The van der Waals surface area contributed by atoms with E-state index in [4.69, 9.17) is 4.74 Å². The number of aromatic nitrogens is 1. The van der Waals surface area contributed by atoms with E-state index in [1.165, 1.54) is 50.2 Å². The maximum atomic E-state index is 6.08. The Morgan fingerprint density at radius 2 is 2.10 bits per heavy atom. The lowest BCUT2D eigenvalue weighted by atomic mass is 9.92. The third-order valence-corrected chi connectivity index (χ3v) is 6.22. The average Bonchev–Trinajstić information content (AvgIpc) is 3.15. The van der Waals surface area contributed by atoms with Gasteiger partial charge in [0.2, 0.25) is 0 Å². The van der Waals surface area contributed by atoms with Crippen molar-refractivity contribution in [2.24, 2.45) is 5.92 Å². The van der Waals surface area contributed by atoms with Gasteiger partial charge in [0.05, 0.1) is 12.7 Å². The van der Waals surface area contributed by atoms with Crippen molar-refractivity contribution < 1.29 is 4.74 Å². The molecule has 0 unspecified atom stereocenters. The molecule has 0 amide bonds. The Balaban J connectivity index is 1.22. The zero-order chi connectivity index (χ0) is 13.4. The van der Waals surface area contributed by atoms with Crippen LogP contribution in [0.5, 0.6) is 0 Å². The predicted octanol–water partition coefficient (Wildman–Crippen LogP) is 2.57. The lowest BCUT2D eigenvalue weighted by molar-refractivity contribution is 0.0272. The molecule has 2 aliphatic heterocycles. The number of likely N-dealkylation sites (tertiary alicyclic amines) is 1. The molecule has 3 fully saturated rings. The molecule has 4 rings (SSSR count). The van der Waals surface area contributed by atoms with Crippen molar-refractivity contribution in [1.29, 1.82) is 0 Å². The minimum Gasteiger partial charge on any atom is -0.373 e. The van der Waals surface area contributed by atoms with Crippen LogP contribution in [0.3, 0.4) is 0 Å². The number of pyridine rings is 1. The van der Waals surface area contributed by atoms with Crippen LogP contribution in [-0.2, 0) is 11.3 Å². The molecule has 108 valence electrons. The minimum atomic E-state index is 0.441. The molecular weight excluding hydrogens is 268 g/mol. The van der Waals surface area contributed by atoms with Crippen LogP contribution < -0.4 is 0 Å². The monoisotopic (exact) mass is 290 g/mol. The van der Waals surface area contributed by atoms with E-state index in [1.54, 1.807) is 0 Å². The summed E-state index contributed by atoms with van der Waals surface area (Å²) in [7, 11) is 0. The molecule has 1 saturated carbocycles. The van der Waals surface area contributed by atoms with Crippen LogP contribution in [0, 0.1) is 5.92 Å². The standard InChI is InChI=1S/C16H22N2OS/c1-2-13(1)8-18-11-16(12-18)7-15(10-20-16)19-9-14-3-5-17-6-4-14/h3-6,13,15H,1-2,7-12H2/t15-/m0/s1. The van der Waals surface area contributed by atoms with Crippen LogP contribution in [0.25, 0.3) is 0 Å². The summed E-state index contributed by atoms with van der Waals surface area (Å²) >= 11 is 2.15. The predicted molar refractivity (Wildman–Crippen MR) is 81.8 cm³/mol. The van der Waals surface area contributed by atoms with E-state index < -0.39 is 0 Å². The van der Waals surface area contributed by atoms with Crippen LogP contribution in [0.2, 0.25) is 0 Å². The van der Waals surface area contributed by atoms with Crippen LogP contribution in [0.4, 0.5) is 0 Å². The summed E-state index contributed by atoms with van der Waals surface area (Å²) in [6, 6.07) is 4.08. The zero-order valence-electron chi connectivity index (χ0n) is 11.8. The first kappa shape index (κ1) is 13.1. The quantitative estimate of drug-likeness (QED) is 0.832. The van der Waals surface area contributed by atoms with Gasteiger partial charge >= 0.3 is 0 Å². The van der Waals surface area contributed by atoms with E-state index in [-0.39, 0.29) is 0 Å². The smallest absolute Gasteiger partial charge is 0.0722 e. The maximum Gasteiger partial charge on any atom is 0.0722 e. The average molecular weight is 290 g/mol. The van der Waals surface area contributed by atoms with Crippen LogP contribution in [0.1, 0.15) is 24.8 Å². The fourth-order valence-corrected chi connectivity index (χ4v) is 4.99. The summed E-state index contributed by atoms with van der Waals surface area (Å²) in [5.41, 5.74) is 1.23. The van der Waals surface area contributed by atoms with Gasteiger partial charge in [-0.2, -0.15) is 0 Å². The molecule has 2 saturated heterocycles. The van der Waals surface area contributed by atoms with Gasteiger partial charge in [-0.05, 0) is 42.9 Å². The Hall–Kier alpha value is -0.580. The molecule has 3 heterocycles. The number of nitrogens with zero attached hydrogens (tertiary/aromatic N) is 2. The van der Waals surface area contributed by atoms with Gasteiger partial charge in [0.15, 0.2) is 0 Å². The van der Waals surface area contributed by atoms with E-state index >= 15 is 0 Å². The molecule has 20 heavy (non-hydrogen) atoms. The van der Waals surface area contributed by atoms with Gasteiger partial charge in [0, 0.05) is 42.5 Å². The third-order valence-electron chi connectivity index (χ3n) is 4.65. The van der Waals surface area contributed by atoms with Gasteiger partial charge in [0.1, 0.15) is 0 Å². The molecule has 0 aromatic carbocycles. The molecule has 0 bridgehead atoms. The minimum absolute atomic E-state index is 0.441. The van der Waals surface area contributed by atoms with Crippen molar-refractivity contribution in [2.75, 3.05) is 25.4 Å². The second-order valence-corrected chi connectivity index (χ2v) is 8.09. The van der Waals surface area contributed by atoms with Crippen molar-refractivity contribution in [2.45, 2.75) is 36.7 Å². The molecular formula is C16H22N2OS. The number of hydrogen-bond acceptors (Lipinski definition) is 4. The first-order chi connectivity index (χ1) is 9.81. The van der Waals surface area contributed by atoms with Gasteiger partial charge in [-0.25, -0.2) is 0 Å². The molecule has 3 nitrogen and oxygen atoms in total.